The molecule has 20 heavy (non-hydrogen) atoms. The molecule has 3 aromatic rings. The van der Waals surface area contributed by atoms with Gasteiger partial charge in [-0.2, -0.15) is 0 Å². The van der Waals surface area contributed by atoms with Gasteiger partial charge in [-0.05, 0) is 25.1 Å². The second-order valence-electron chi connectivity index (χ2n) is 4.70. The van der Waals surface area contributed by atoms with Crippen LogP contribution in [0.3, 0.4) is 0 Å². The topological polar surface area (TPSA) is 37.8 Å². The highest BCUT2D eigenvalue weighted by atomic mass is 32.1. The molecule has 0 radical (unpaired) electrons. The summed E-state index contributed by atoms with van der Waals surface area (Å²) in [5, 5.41) is 5.55. The molecule has 0 unspecified atom stereocenters. The van der Waals surface area contributed by atoms with E-state index in [2.05, 4.69) is 34.3 Å². The molecule has 2 heterocycles. The molecule has 0 spiro atoms. The Balaban J connectivity index is 1.83. The summed E-state index contributed by atoms with van der Waals surface area (Å²) in [5.74, 6) is 0. The predicted octanol–water partition coefficient (Wildman–Crippen LogP) is 3.86. The molecule has 0 saturated heterocycles. The molecule has 0 saturated carbocycles. The normalized spacial score (nSPS) is 11.1. The molecule has 0 aliphatic heterocycles. The van der Waals surface area contributed by atoms with E-state index >= 15 is 0 Å². The highest BCUT2D eigenvalue weighted by Crippen LogP contribution is 2.25. The summed E-state index contributed by atoms with van der Waals surface area (Å²) in [7, 11) is 0. The summed E-state index contributed by atoms with van der Waals surface area (Å²) >= 11 is 1.71. The number of hydrogen-bond donors (Lipinski definition) is 1. The number of fused-ring (bicyclic) bond motifs is 1. The third-order valence-corrected chi connectivity index (χ3v) is 4.12. The summed E-state index contributed by atoms with van der Waals surface area (Å²) in [5.41, 5.74) is 1.97. The van der Waals surface area contributed by atoms with Crippen LogP contribution in [0.15, 0.2) is 42.6 Å². The van der Waals surface area contributed by atoms with E-state index in [0.29, 0.717) is 0 Å². The largest absolute Gasteiger partial charge is 0.312 e. The molecule has 0 amide bonds. The number of aromatic nitrogens is 2. The monoisotopic (exact) mass is 283 g/mol. The van der Waals surface area contributed by atoms with Crippen molar-refractivity contribution in [3.05, 3.63) is 47.5 Å². The van der Waals surface area contributed by atoms with Crippen molar-refractivity contribution in [2.75, 3.05) is 6.54 Å². The molecule has 0 aliphatic rings. The quantitative estimate of drug-likeness (QED) is 0.723. The molecule has 3 rings (SSSR count). The first-order valence-electron chi connectivity index (χ1n) is 6.88. The lowest BCUT2D eigenvalue weighted by atomic mass is 10.2. The fraction of sp³-hybridized carbons (Fsp3) is 0.250. The molecule has 4 heteroatoms. The van der Waals surface area contributed by atoms with E-state index < -0.39 is 0 Å². The number of benzene rings is 1. The average molecular weight is 283 g/mol. The van der Waals surface area contributed by atoms with Gasteiger partial charge in [-0.1, -0.05) is 31.2 Å². The Bertz CT molecular complexity index is 706. The van der Waals surface area contributed by atoms with Crippen molar-refractivity contribution < 1.29 is 0 Å². The van der Waals surface area contributed by atoms with E-state index in [1.807, 2.05) is 30.5 Å². The maximum atomic E-state index is 4.68. The van der Waals surface area contributed by atoms with Gasteiger partial charge in [0.15, 0.2) is 0 Å². The van der Waals surface area contributed by atoms with Gasteiger partial charge in [-0.15, -0.1) is 11.3 Å². The highest BCUT2D eigenvalue weighted by molar-refractivity contribution is 7.15. The van der Waals surface area contributed by atoms with E-state index in [1.165, 1.54) is 4.88 Å². The fourth-order valence-electron chi connectivity index (χ4n) is 2.08. The maximum absolute atomic E-state index is 4.68. The average Bonchev–Trinajstić information content (AvgIpc) is 2.96. The standard InChI is InChI=1S/C16H17N3S/c1-2-9-17-10-13-11-18-16(20-13)15-8-7-12-5-3-4-6-14(12)19-15/h3-8,11,17H,2,9-10H2,1H3. The summed E-state index contributed by atoms with van der Waals surface area (Å²) in [6.45, 7) is 4.10. The van der Waals surface area contributed by atoms with Crippen LogP contribution in [0.2, 0.25) is 0 Å². The van der Waals surface area contributed by atoms with Gasteiger partial charge in [0, 0.05) is 23.0 Å². The number of hydrogen-bond acceptors (Lipinski definition) is 4. The minimum Gasteiger partial charge on any atom is -0.312 e. The molecule has 1 aromatic carbocycles. The Hall–Kier alpha value is -1.78. The lowest BCUT2D eigenvalue weighted by Gasteiger charge is -2.00. The first-order chi connectivity index (χ1) is 9.86. The Morgan fingerprint density at radius 1 is 1.15 bits per heavy atom. The van der Waals surface area contributed by atoms with Crippen molar-refractivity contribution in [3.63, 3.8) is 0 Å². The number of thiazole rings is 1. The number of nitrogens with zero attached hydrogens (tertiary/aromatic N) is 2. The second kappa shape index (κ2) is 6.11. The smallest absolute Gasteiger partial charge is 0.142 e. The van der Waals surface area contributed by atoms with Gasteiger partial charge >= 0.3 is 0 Å². The SMILES string of the molecule is CCCNCc1cnc(-c2ccc3ccccc3n2)s1. The molecular weight excluding hydrogens is 266 g/mol. The fourth-order valence-corrected chi connectivity index (χ4v) is 2.93. The Morgan fingerprint density at radius 3 is 2.95 bits per heavy atom. The van der Waals surface area contributed by atoms with Crippen LogP contribution >= 0.6 is 11.3 Å². The lowest BCUT2D eigenvalue weighted by Crippen LogP contribution is -2.12. The van der Waals surface area contributed by atoms with Gasteiger partial charge in [0.25, 0.3) is 0 Å². The number of pyridine rings is 1. The minimum absolute atomic E-state index is 0.888. The zero-order valence-corrected chi connectivity index (χ0v) is 12.3. The first-order valence-corrected chi connectivity index (χ1v) is 7.70. The van der Waals surface area contributed by atoms with Gasteiger partial charge in [-0.25, -0.2) is 9.97 Å². The van der Waals surface area contributed by atoms with Crippen LogP contribution in [0.25, 0.3) is 21.6 Å². The molecule has 102 valence electrons. The Labute approximate surface area is 122 Å². The maximum Gasteiger partial charge on any atom is 0.142 e. The molecule has 1 N–H and O–H groups in total. The predicted molar refractivity (Wildman–Crippen MR) is 84.8 cm³/mol. The Kier molecular flexibility index (Phi) is 4.04. The van der Waals surface area contributed by atoms with Crippen LogP contribution in [0, 0.1) is 0 Å². The van der Waals surface area contributed by atoms with Gasteiger partial charge in [0.1, 0.15) is 5.01 Å². The first kappa shape index (κ1) is 13.2. The van der Waals surface area contributed by atoms with E-state index in [-0.39, 0.29) is 0 Å². The van der Waals surface area contributed by atoms with Crippen LogP contribution < -0.4 is 5.32 Å². The zero-order valence-electron chi connectivity index (χ0n) is 11.5. The van der Waals surface area contributed by atoms with Crippen LogP contribution in [0.1, 0.15) is 18.2 Å². The summed E-state index contributed by atoms with van der Waals surface area (Å²) in [6.07, 6.45) is 3.09. The summed E-state index contributed by atoms with van der Waals surface area (Å²) < 4.78 is 0. The molecule has 2 aromatic heterocycles. The molecular formula is C16H17N3S. The van der Waals surface area contributed by atoms with Crippen molar-refractivity contribution in [3.8, 4) is 10.7 Å². The third kappa shape index (κ3) is 2.86. The van der Waals surface area contributed by atoms with E-state index in [1.54, 1.807) is 11.3 Å². The molecule has 3 nitrogen and oxygen atoms in total. The Morgan fingerprint density at radius 2 is 2.05 bits per heavy atom. The van der Waals surface area contributed by atoms with Crippen molar-refractivity contribution in [2.45, 2.75) is 19.9 Å². The molecule has 0 fully saturated rings. The molecule has 0 bridgehead atoms. The summed E-state index contributed by atoms with van der Waals surface area (Å²) in [4.78, 5) is 10.4. The van der Waals surface area contributed by atoms with Crippen LogP contribution in [-0.4, -0.2) is 16.5 Å². The zero-order chi connectivity index (χ0) is 13.8. The van der Waals surface area contributed by atoms with Crippen molar-refractivity contribution in [1.29, 1.82) is 0 Å². The lowest BCUT2D eigenvalue weighted by molar-refractivity contribution is 0.681. The molecule has 0 atom stereocenters. The van der Waals surface area contributed by atoms with Crippen molar-refractivity contribution in [2.24, 2.45) is 0 Å². The van der Waals surface area contributed by atoms with Crippen molar-refractivity contribution >= 4 is 22.2 Å². The number of nitrogens with one attached hydrogen (secondary N) is 1. The number of rotatable bonds is 5. The van der Waals surface area contributed by atoms with Gasteiger partial charge in [0.05, 0.1) is 11.2 Å². The van der Waals surface area contributed by atoms with E-state index in [0.717, 1.165) is 41.1 Å². The van der Waals surface area contributed by atoms with Gasteiger partial charge < -0.3 is 5.32 Å². The van der Waals surface area contributed by atoms with Crippen LogP contribution in [0.4, 0.5) is 0 Å². The summed E-state index contributed by atoms with van der Waals surface area (Å²) in [6, 6.07) is 12.3. The minimum atomic E-state index is 0.888. The van der Waals surface area contributed by atoms with E-state index in [4.69, 9.17) is 0 Å². The van der Waals surface area contributed by atoms with Gasteiger partial charge in [0.2, 0.25) is 0 Å². The van der Waals surface area contributed by atoms with Crippen LogP contribution in [0.5, 0.6) is 0 Å². The van der Waals surface area contributed by atoms with Gasteiger partial charge in [-0.3, -0.25) is 0 Å². The van der Waals surface area contributed by atoms with Crippen molar-refractivity contribution in [1.82, 2.24) is 15.3 Å². The number of para-hydroxylation sites is 1. The second-order valence-corrected chi connectivity index (χ2v) is 5.81. The van der Waals surface area contributed by atoms with E-state index in [9.17, 15) is 0 Å². The molecule has 0 aliphatic carbocycles. The highest BCUT2D eigenvalue weighted by Gasteiger charge is 2.06. The van der Waals surface area contributed by atoms with Crippen LogP contribution in [-0.2, 0) is 6.54 Å². The third-order valence-electron chi connectivity index (χ3n) is 3.10.